The molecular weight excluding hydrogens is 318 g/mol. The quantitative estimate of drug-likeness (QED) is 0.821. The van der Waals surface area contributed by atoms with Crippen molar-refractivity contribution in [2.75, 3.05) is 12.8 Å². The van der Waals surface area contributed by atoms with Crippen LogP contribution in [0.4, 0.5) is 0 Å². The number of thioether (sulfide) groups is 1. The molecule has 2 aromatic rings. The van der Waals surface area contributed by atoms with Crippen LogP contribution in [0.1, 0.15) is 35.6 Å². The Bertz CT molecular complexity index is 714. The van der Waals surface area contributed by atoms with Gasteiger partial charge in [0.2, 0.25) is 0 Å². The lowest BCUT2D eigenvalue weighted by Gasteiger charge is -2.32. The molecule has 1 heterocycles. The van der Waals surface area contributed by atoms with E-state index in [-0.39, 0.29) is 6.04 Å². The van der Waals surface area contributed by atoms with Gasteiger partial charge in [0.05, 0.1) is 6.04 Å². The Kier molecular flexibility index (Phi) is 5.27. The first-order valence-electron chi connectivity index (χ1n) is 8.29. The Morgan fingerprint density at radius 1 is 1.21 bits per heavy atom. The van der Waals surface area contributed by atoms with E-state index in [2.05, 4.69) is 66.6 Å². The highest BCUT2D eigenvalue weighted by molar-refractivity contribution is 7.98. The van der Waals surface area contributed by atoms with Crippen LogP contribution >= 0.6 is 11.8 Å². The van der Waals surface area contributed by atoms with E-state index in [0.717, 1.165) is 24.9 Å². The summed E-state index contributed by atoms with van der Waals surface area (Å²) < 4.78 is 0. The van der Waals surface area contributed by atoms with Crippen LogP contribution in [0.25, 0.3) is 0 Å². The zero-order valence-electron chi connectivity index (χ0n) is 14.1. The predicted octanol–water partition coefficient (Wildman–Crippen LogP) is 4.36. The van der Waals surface area contributed by atoms with Crippen LogP contribution in [0.3, 0.4) is 0 Å². The number of aryl methyl sites for hydroxylation is 1. The van der Waals surface area contributed by atoms with E-state index in [4.69, 9.17) is 0 Å². The number of carbonyl (C=O) groups is 1. The molecule has 2 unspecified atom stereocenters. The van der Waals surface area contributed by atoms with Crippen molar-refractivity contribution in [1.82, 2.24) is 4.90 Å². The van der Waals surface area contributed by atoms with E-state index in [0.29, 0.717) is 0 Å². The Balaban J connectivity index is 2.04. The fourth-order valence-corrected chi connectivity index (χ4v) is 3.97. The molecule has 0 saturated carbocycles. The average molecular weight is 341 g/mol. The largest absolute Gasteiger partial charge is 0.480 e. The first kappa shape index (κ1) is 17.1. The lowest BCUT2D eigenvalue weighted by atomic mass is 9.95. The fourth-order valence-electron chi connectivity index (χ4n) is 3.57. The molecule has 24 heavy (non-hydrogen) atoms. The molecule has 0 amide bonds. The number of carboxylic acid groups (broad SMARTS) is 1. The Hall–Kier alpha value is -1.78. The van der Waals surface area contributed by atoms with Gasteiger partial charge in [-0.2, -0.15) is 0 Å². The monoisotopic (exact) mass is 341 g/mol. The van der Waals surface area contributed by atoms with Crippen LogP contribution in [-0.4, -0.2) is 34.8 Å². The van der Waals surface area contributed by atoms with Gasteiger partial charge in [0.15, 0.2) is 0 Å². The first-order valence-corrected chi connectivity index (χ1v) is 9.51. The summed E-state index contributed by atoms with van der Waals surface area (Å²) in [7, 11) is 0. The maximum atomic E-state index is 11.7. The van der Waals surface area contributed by atoms with Gasteiger partial charge in [0, 0.05) is 11.4 Å². The number of nitrogens with zero attached hydrogens (tertiary/aromatic N) is 1. The van der Waals surface area contributed by atoms with E-state index in [1.54, 1.807) is 11.8 Å². The number of likely N-dealkylation sites (tertiary alicyclic amines) is 1. The number of aliphatic carboxylic acids is 1. The molecule has 1 saturated heterocycles. The highest BCUT2D eigenvalue weighted by atomic mass is 32.2. The summed E-state index contributed by atoms with van der Waals surface area (Å²) in [6.07, 6.45) is 3.72. The van der Waals surface area contributed by atoms with E-state index in [1.165, 1.54) is 16.0 Å². The zero-order valence-corrected chi connectivity index (χ0v) is 14.9. The second-order valence-corrected chi connectivity index (χ2v) is 7.20. The van der Waals surface area contributed by atoms with Crippen LogP contribution in [0, 0.1) is 6.92 Å². The van der Waals surface area contributed by atoms with Crippen molar-refractivity contribution in [2.45, 2.75) is 36.7 Å². The number of benzene rings is 2. The molecule has 0 aliphatic carbocycles. The fraction of sp³-hybridized carbons (Fsp3) is 0.350. The van der Waals surface area contributed by atoms with Crippen molar-refractivity contribution in [1.29, 1.82) is 0 Å². The number of hydrogen-bond acceptors (Lipinski definition) is 3. The minimum absolute atomic E-state index is 0.00981. The van der Waals surface area contributed by atoms with Gasteiger partial charge in [-0.15, -0.1) is 11.8 Å². The van der Waals surface area contributed by atoms with E-state index < -0.39 is 12.0 Å². The van der Waals surface area contributed by atoms with Gasteiger partial charge in [0.1, 0.15) is 6.04 Å². The van der Waals surface area contributed by atoms with Crippen molar-refractivity contribution >= 4 is 17.7 Å². The highest BCUT2D eigenvalue weighted by Gasteiger charge is 2.36. The molecule has 4 heteroatoms. The summed E-state index contributed by atoms with van der Waals surface area (Å²) >= 11 is 1.72. The van der Waals surface area contributed by atoms with Gasteiger partial charge in [-0.3, -0.25) is 9.69 Å². The van der Waals surface area contributed by atoms with Crippen LogP contribution in [0.5, 0.6) is 0 Å². The predicted molar refractivity (Wildman–Crippen MR) is 98.6 cm³/mol. The maximum absolute atomic E-state index is 11.7. The van der Waals surface area contributed by atoms with Gasteiger partial charge in [-0.1, -0.05) is 42.0 Å². The second-order valence-electron chi connectivity index (χ2n) is 6.32. The molecule has 126 valence electrons. The van der Waals surface area contributed by atoms with E-state index in [9.17, 15) is 9.90 Å². The highest BCUT2D eigenvalue weighted by Crippen LogP contribution is 2.35. The minimum atomic E-state index is -0.717. The van der Waals surface area contributed by atoms with Crippen LogP contribution < -0.4 is 0 Å². The molecule has 3 rings (SSSR count). The minimum Gasteiger partial charge on any atom is -0.480 e. The summed E-state index contributed by atoms with van der Waals surface area (Å²) in [5, 5.41) is 9.62. The Morgan fingerprint density at radius 2 is 1.96 bits per heavy atom. The SMILES string of the molecule is CSc1ccc(C(c2cccc(C)c2)N2CCCC2C(=O)O)cc1. The molecule has 0 radical (unpaired) electrons. The van der Waals surface area contributed by atoms with E-state index >= 15 is 0 Å². The Labute approximate surface area is 147 Å². The third-order valence-electron chi connectivity index (χ3n) is 4.70. The molecule has 0 bridgehead atoms. The molecule has 1 aliphatic rings. The van der Waals surface area contributed by atoms with Crippen LogP contribution in [0.15, 0.2) is 53.4 Å². The van der Waals surface area contributed by atoms with Gasteiger partial charge in [-0.25, -0.2) is 0 Å². The van der Waals surface area contributed by atoms with Crippen LogP contribution in [0.2, 0.25) is 0 Å². The summed E-state index contributed by atoms with van der Waals surface area (Å²) in [5.74, 6) is -0.717. The lowest BCUT2D eigenvalue weighted by Crippen LogP contribution is -2.39. The second kappa shape index (κ2) is 7.41. The molecule has 0 aromatic heterocycles. The average Bonchev–Trinajstić information content (AvgIpc) is 3.05. The van der Waals surface area contributed by atoms with Gasteiger partial charge in [-0.05, 0) is 49.3 Å². The molecular formula is C20H23NO2S. The standard InChI is InChI=1S/C20H23NO2S/c1-14-5-3-6-16(13-14)19(15-8-10-17(24-2)11-9-15)21-12-4-7-18(21)20(22)23/h3,5-6,8-11,13,18-19H,4,7,12H2,1-2H3,(H,22,23). The topological polar surface area (TPSA) is 40.5 Å². The molecule has 1 N–H and O–H groups in total. The summed E-state index contributed by atoms with van der Waals surface area (Å²) in [5.41, 5.74) is 3.52. The van der Waals surface area contributed by atoms with Crippen molar-refractivity contribution in [3.8, 4) is 0 Å². The summed E-state index contributed by atoms with van der Waals surface area (Å²) in [6.45, 7) is 2.90. The number of hydrogen-bond donors (Lipinski definition) is 1. The van der Waals surface area contributed by atoms with Crippen molar-refractivity contribution < 1.29 is 9.90 Å². The van der Waals surface area contributed by atoms with Gasteiger partial charge in [0.25, 0.3) is 0 Å². The zero-order chi connectivity index (χ0) is 17.1. The summed E-state index contributed by atoms with van der Waals surface area (Å²) in [4.78, 5) is 15.1. The Morgan fingerprint density at radius 3 is 2.58 bits per heavy atom. The van der Waals surface area contributed by atoms with Gasteiger partial charge >= 0.3 is 5.97 Å². The first-order chi connectivity index (χ1) is 11.6. The van der Waals surface area contributed by atoms with Crippen LogP contribution in [-0.2, 0) is 4.79 Å². The normalized spacial score (nSPS) is 19.3. The van der Waals surface area contributed by atoms with Gasteiger partial charge < -0.3 is 5.11 Å². The molecule has 3 nitrogen and oxygen atoms in total. The lowest BCUT2D eigenvalue weighted by molar-refractivity contribution is -0.142. The molecule has 2 atom stereocenters. The number of carboxylic acids is 1. The van der Waals surface area contributed by atoms with Crippen molar-refractivity contribution in [2.24, 2.45) is 0 Å². The molecule has 0 spiro atoms. The van der Waals surface area contributed by atoms with Crippen molar-refractivity contribution in [3.63, 3.8) is 0 Å². The van der Waals surface area contributed by atoms with Crippen molar-refractivity contribution in [3.05, 3.63) is 65.2 Å². The smallest absolute Gasteiger partial charge is 0.320 e. The maximum Gasteiger partial charge on any atom is 0.320 e. The molecule has 1 aliphatic heterocycles. The third kappa shape index (κ3) is 3.50. The van der Waals surface area contributed by atoms with E-state index in [1.807, 2.05) is 0 Å². The summed E-state index contributed by atoms with van der Waals surface area (Å²) in [6, 6.07) is 16.5. The third-order valence-corrected chi connectivity index (χ3v) is 5.44. The molecule has 2 aromatic carbocycles. The number of rotatable bonds is 5. The molecule has 1 fully saturated rings.